The maximum atomic E-state index is 8.33. The van der Waals surface area contributed by atoms with Crippen LogP contribution in [-0.4, -0.2) is 4.89 Å². The Bertz CT molecular complexity index is 173. The summed E-state index contributed by atoms with van der Waals surface area (Å²) in [6.45, 7) is 0. The van der Waals surface area contributed by atoms with Crippen molar-refractivity contribution in [2.75, 3.05) is 0 Å². The monoisotopic (exact) mass is 150 g/mol. The molecule has 1 aromatic carbocycles. The molecular formula is C6H8LiO2P. The van der Waals surface area contributed by atoms with Crippen LogP contribution < -0.4 is 23.4 Å². The molecule has 1 rings (SSSR count). The van der Waals surface area contributed by atoms with Gasteiger partial charge in [0.25, 0.3) is 0 Å². The van der Waals surface area contributed by atoms with E-state index in [0.29, 0.717) is 5.75 Å². The minimum Gasteiger partial charge on any atom is -1.00 e. The molecule has 0 saturated heterocycles. The second-order valence-corrected chi connectivity index (χ2v) is 1.89. The molecule has 0 fully saturated rings. The van der Waals surface area contributed by atoms with Crippen LogP contribution in [0.25, 0.3) is 0 Å². The van der Waals surface area contributed by atoms with Crippen molar-refractivity contribution in [2.24, 2.45) is 0 Å². The van der Waals surface area contributed by atoms with Crippen molar-refractivity contribution in [1.82, 2.24) is 0 Å². The minimum atomic E-state index is -0.465. The van der Waals surface area contributed by atoms with Gasteiger partial charge in [0.2, 0.25) is 9.03 Å². The van der Waals surface area contributed by atoms with E-state index in [1.165, 1.54) is 0 Å². The Morgan fingerprint density at radius 2 is 1.90 bits per heavy atom. The van der Waals surface area contributed by atoms with E-state index in [-0.39, 0.29) is 20.3 Å². The molecule has 0 aliphatic carbocycles. The molecule has 50 valence electrons. The van der Waals surface area contributed by atoms with Gasteiger partial charge < -0.3 is 10.8 Å². The molecule has 0 saturated carbocycles. The third-order valence-corrected chi connectivity index (χ3v) is 1.23. The van der Waals surface area contributed by atoms with E-state index in [9.17, 15) is 0 Å². The summed E-state index contributed by atoms with van der Waals surface area (Å²) < 4.78 is 4.79. The van der Waals surface area contributed by atoms with Crippen LogP contribution in [0, 0.1) is 0 Å². The summed E-state index contributed by atoms with van der Waals surface area (Å²) in [6, 6.07) is 9.20. The normalized spacial score (nSPS) is 9.30. The van der Waals surface area contributed by atoms with Gasteiger partial charge in [0, 0.05) is 0 Å². The van der Waals surface area contributed by atoms with Crippen LogP contribution in [0.3, 0.4) is 0 Å². The van der Waals surface area contributed by atoms with Gasteiger partial charge in [0.1, 0.15) is 5.75 Å². The first kappa shape index (κ1) is 10.0. The summed E-state index contributed by atoms with van der Waals surface area (Å²) in [5, 5.41) is 0. The zero-order valence-corrected chi connectivity index (χ0v) is 6.74. The number of para-hydroxylation sites is 1. The largest absolute Gasteiger partial charge is 1.00 e. The zero-order chi connectivity index (χ0) is 6.53. The van der Waals surface area contributed by atoms with Crippen molar-refractivity contribution in [3.05, 3.63) is 30.3 Å². The molecule has 1 N–H and O–H groups in total. The van der Waals surface area contributed by atoms with Gasteiger partial charge in [0.05, 0.1) is 0 Å². The van der Waals surface area contributed by atoms with Gasteiger partial charge >= 0.3 is 18.9 Å². The predicted molar refractivity (Wildman–Crippen MR) is 38.7 cm³/mol. The molecule has 1 aromatic rings. The average Bonchev–Trinajstić information content (AvgIpc) is 1.91. The predicted octanol–water partition coefficient (Wildman–Crippen LogP) is -1.32. The molecule has 4 heteroatoms. The average molecular weight is 150 g/mol. The molecule has 0 aliphatic heterocycles. The molecule has 10 heavy (non-hydrogen) atoms. The molecule has 2 nitrogen and oxygen atoms in total. The van der Waals surface area contributed by atoms with Gasteiger partial charge in [-0.05, 0) is 12.1 Å². The minimum absolute atomic E-state index is 0. The van der Waals surface area contributed by atoms with Gasteiger partial charge in [0.15, 0.2) is 0 Å². The van der Waals surface area contributed by atoms with Crippen LogP contribution in [-0.2, 0) is 0 Å². The molecule has 0 spiro atoms. The van der Waals surface area contributed by atoms with E-state index in [1.54, 1.807) is 12.1 Å². The Balaban J connectivity index is 0. The third kappa shape index (κ3) is 3.25. The van der Waals surface area contributed by atoms with Crippen molar-refractivity contribution in [1.29, 1.82) is 0 Å². The van der Waals surface area contributed by atoms with Crippen molar-refractivity contribution in [2.45, 2.75) is 0 Å². The molecule has 0 aromatic heterocycles. The van der Waals surface area contributed by atoms with Crippen LogP contribution in [0.15, 0.2) is 30.3 Å². The molecule has 0 bridgehead atoms. The fourth-order valence-electron chi connectivity index (χ4n) is 0.541. The molecule has 0 aliphatic rings. The Hall–Kier alpha value is 0.00740. The quantitative estimate of drug-likeness (QED) is 0.418. The zero-order valence-electron chi connectivity index (χ0n) is 6.74. The van der Waals surface area contributed by atoms with Gasteiger partial charge in [-0.15, -0.1) is 0 Å². The molecular weight excluding hydrogens is 142 g/mol. The summed E-state index contributed by atoms with van der Waals surface area (Å²) in [7, 11) is -0.465. The standard InChI is InChI=1S/C6H7O2P.Li.H/c7-9-8-6-4-2-1-3-5-6;;/h1-5,7,9H;;/q;+1;-1. The summed E-state index contributed by atoms with van der Waals surface area (Å²) >= 11 is 0. The molecule has 0 amide bonds. The molecule has 0 radical (unpaired) electrons. The van der Waals surface area contributed by atoms with E-state index in [4.69, 9.17) is 9.42 Å². The van der Waals surface area contributed by atoms with E-state index in [1.807, 2.05) is 18.2 Å². The Morgan fingerprint density at radius 1 is 1.30 bits per heavy atom. The fourth-order valence-corrected chi connectivity index (χ4v) is 0.783. The topological polar surface area (TPSA) is 29.5 Å². The van der Waals surface area contributed by atoms with Crippen LogP contribution in [0.2, 0.25) is 0 Å². The van der Waals surface area contributed by atoms with E-state index in [0.717, 1.165) is 0 Å². The first-order valence-electron chi connectivity index (χ1n) is 2.54. The molecule has 0 heterocycles. The van der Waals surface area contributed by atoms with Crippen molar-refractivity contribution in [3.8, 4) is 5.75 Å². The van der Waals surface area contributed by atoms with Crippen molar-refractivity contribution >= 4 is 9.03 Å². The Kier molecular flexibility index (Phi) is 5.77. The van der Waals surface area contributed by atoms with Gasteiger partial charge in [-0.1, -0.05) is 18.2 Å². The molecule has 1 atom stereocenters. The molecule has 1 unspecified atom stereocenters. The van der Waals surface area contributed by atoms with Crippen LogP contribution in [0.4, 0.5) is 0 Å². The number of hydrogen-bond donors (Lipinski definition) is 1. The summed E-state index contributed by atoms with van der Waals surface area (Å²) in [4.78, 5) is 8.33. The first-order chi connectivity index (χ1) is 4.43. The summed E-state index contributed by atoms with van der Waals surface area (Å²) in [5.74, 6) is 0.707. The van der Waals surface area contributed by atoms with E-state index < -0.39 is 9.03 Å². The van der Waals surface area contributed by atoms with Crippen molar-refractivity contribution < 1.29 is 29.7 Å². The first-order valence-corrected chi connectivity index (χ1v) is 3.40. The van der Waals surface area contributed by atoms with Gasteiger partial charge in [-0.2, -0.15) is 0 Å². The third-order valence-electron chi connectivity index (χ3n) is 0.907. The van der Waals surface area contributed by atoms with E-state index in [2.05, 4.69) is 0 Å². The smallest absolute Gasteiger partial charge is 1.00 e. The maximum absolute atomic E-state index is 8.33. The maximum Gasteiger partial charge on any atom is 1.00 e. The number of benzene rings is 1. The fraction of sp³-hybridized carbons (Fsp3) is 0. The number of hydrogen-bond acceptors (Lipinski definition) is 2. The van der Waals surface area contributed by atoms with Crippen LogP contribution in [0.1, 0.15) is 1.43 Å². The number of rotatable bonds is 2. The van der Waals surface area contributed by atoms with Crippen LogP contribution in [0.5, 0.6) is 5.75 Å². The van der Waals surface area contributed by atoms with Gasteiger partial charge in [-0.25, -0.2) is 0 Å². The van der Waals surface area contributed by atoms with Crippen molar-refractivity contribution in [3.63, 3.8) is 0 Å². The van der Waals surface area contributed by atoms with Gasteiger partial charge in [-0.3, -0.25) is 0 Å². The van der Waals surface area contributed by atoms with E-state index >= 15 is 0 Å². The van der Waals surface area contributed by atoms with Crippen LogP contribution >= 0.6 is 9.03 Å². The second-order valence-electron chi connectivity index (χ2n) is 1.51. The second kappa shape index (κ2) is 5.77. The SMILES string of the molecule is OPOc1ccccc1.[H-].[Li+]. The summed E-state index contributed by atoms with van der Waals surface area (Å²) in [6.07, 6.45) is 0. The summed E-state index contributed by atoms with van der Waals surface area (Å²) in [5.41, 5.74) is 0. The Morgan fingerprint density at radius 3 is 2.40 bits per heavy atom. The Labute approximate surface area is 75.2 Å².